The van der Waals surface area contributed by atoms with Gasteiger partial charge in [-0.05, 0) is 35.9 Å². The first-order chi connectivity index (χ1) is 8.47. The van der Waals surface area contributed by atoms with Crippen LogP contribution < -0.4 is 4.72 Å². The zero-order valence-electron chi connectivity index (χ0n) is 8.84. The number of anilines is 1. The number of nitrogens with one attached hydrogen (secondary N) is 1. The van der Waals surface area contributed by atoms with E-state index in [9.17, 15) is 12.8 Å². The number of hydrogen-bond acceptors (Lipinski definition) is 4. The van der Waals surface area contributed by atoms with Crippen molar-refractivity contribution >= 4 is 27.3 Å². The van der Waals surface area contributed by atoms with Gasteiger partial charge in [-0.1, -0.05) is 0 Å². The van der Waals surface area contributed by atoms with Gasteiger partial charge in [0, 0.05) is 5.69 Å². The molecule has 0 spiro atoms. The number of nitrogens with zero attached hydrogens (tertiary/aromatic N) is 2. The molecule has 1 N–H and O–H groups in total. The van der Waals surface area contributed by atoms with Crippen LogP contribution in [0.2, 0.25) is 5.28 Å². The van der Waals surface area contributed by atoms with Crippen LogP contribution in [0.4, 0.5) is 10.1 Å². The molecule has 18 heavy (non-hydrogen) atoms. The van der Waals surface area contributed by atoms with Crippen LogP contribution in [0.5, 0.6) is 0 Å². The molecule has 0 aliphatic carbocycles. The van der Waals surface area contributed by atoms with Gasteiger partial charge in [-0.3, -0.25) is 4.72 Å². The summed E-state index contributed by atoms with van der Waals surface area (Å²) >= 11 is 5.46. The van der Waals surface area contributed by atoms with Gasteiger partial charge in [-0.15, -0.1) is 0 Å². The summed E-state index contributed by atoms with van der Waals surface area (Å²) in [4.78, 5) is 7.02. The molecule has 1 heterocycles. The van der Waals surface area contributed by atoms with Gasteiger partial charge >= 0.3 is 0 Å². The van der Waals surface area contributed by atoms with E-state index in [-0.39, 0.29) is 15.9 Å². The summed E-state index contributed by atoms with van der Waals surface area (Å²) < 4.78 is 38.7. The number of rotatable bonds is 3. The second kappa shape index (κ2) is 4.87. The standard InChI is InChI=1S/C10H7ClFN3O2S/c11-10-13-5-9(6-14-10)18(16,17)15-8-3-1-7(12)2-4-8/h1-6,15H. The van der Waals surface area contributed by atoms with Crippen LogP contribution in [0.25, 0.3) is 0 Å². The van der Waals surface area contributed by atoms with Gasteiger partial charge in [-0.2, -0.15) is 0 Å². The lowest BCUT2D eigenvalue weighted by molar-refractivity contribution is 0.600. The molecule has 1 aromatic carbocycles. The van der Waals surface area contributed by atoms with Crippen molar-refractivity contribution in [2.45, 2.75) is 4.90 Å². The molecule has 0 unspecified atom stereocenters. The summed E-state index contributed by atoms with van der Waals surface area (Å²) in [5.74, 6) is -0.451. The molecule has 5 nitrogen and oxygen atoms in total. The quantitative estimate of drug-likeness (QED) is 0.877. The molecular weight excluding hydrogens is 281 g/mol. The van der Waals surface area contributed by atoms with Gasteiger partial charge in [0.25, 0.3) is 10.0 Å². The van der Waals surface area contributed by atoms with E-state index in [1.807, 2.05) is 0 Å². The van der Waals surface area contributed by atoms with Gasteiger partial charge in [0.05, 0.1) is 12.4 Å². The minimum Gasteiger partial charge on any atom is -0.280 e. The molecule has 0 atom stereocenters. The molecule has 0 amide bonds. The Morgan fingerprint density at radius 2 is 1.67 bits per heavy atom. The molecule has 2 aromatic rings. The maximum absolute atomic E-state index is 12.7. The van der Waals surface area contributed by atoms with Crippen molar-refractivity contribution in [2.75, 3.05) is 4.72 Å². The summed E-state index contributed by atoms with van der Waals surface area (Å²) in [6.07, 6.45) is 2.17. The fourth-order valence-electron chi connectivity index (χ4n) is 1.17. The third-order valence-electron chi connectivity index (χ3n) is 2.00. The topological polar surface area (TPSA) is 72.0 Å². The summed E-state index contributed by atoms with van der Waals surface area (Å²) in [5.41, 5.74) is 0.242. The molecule has 94 valence electrons. The average molecular weight is 288 g/mol. The molecule has 0 aliphatic heterocycles. The Morgan fingerprint density at radius 1 is 1.11 bits per heavy atom. The normalized spacial score (nSPS) is 11.2. The Bertz CT molecular complexity index is 644. The van der Waals surface area contributed by atoms with Crippen molar-refractivity contribution < 1.29 is 12.8 Å². The van der Waals surface area contributed by atoms with Gasteiger partial charge in [0.2, 0.25) is 5.28 Å². The zero-order valence-corrected chi connectivity index (χ0v) is 10.4. The summed E-state index contributed by atoms with van der Waals surface area (Å²) in [6.45, 7) is 0. The van der Waals surface area contributed by atoms with E-state index in [2.05, 4.69) is 14.7 Å². The third kappa shape index (κ3) is 2.93. The summed E-state index contributed by atoms with van der Waals surface area (Å²) in [6, 6.07) is 4.92. The van der Waals surface area contributed by atoms with E-state index in [1.54, 1.807) is 0 Å². The van der Waals surface area contributed by atoms with E-state index in [0.717, 1.165) is 24.5 Å². The maximum Gasteiger partial charge on any atom is 0.264 e. The number of benzene rings is 1. The van der Waals surface area contributed by atoms with Gasteiger partial charge in [0.15, 0.2) is 0 Å². The minimum absolute atomic E-state index is 0.0456. The van der Waals surface area contributed by atoms with Crippen molar-refractivity contribution in [3.8, 4) is 0 Å². The smallest absolute Gasteiger partial charge is 0.264 e. The Labute approximate surface area is 108 Å². The van der Waals surface area contributed by atoms with Crippen LogP contribution in [0, 0.1) is 5.82 Å². The van der Waals surface area contributed by atoms with Crippen LogP contribution in [-0.4, -0.2) is 18.4 Å². The highest BCUT2D eigenvalue weighted by Gasteiger charge is 2.15. The second-order valence-electron chi connectivity index (χ2n) is 3.30. The minimum atomic E-state index is -3.80. The molecule has 2 rings (SSSR count). The van der Waals surface area contributed by atoms with Crippen LogP contribution in [0.1, 0.15) is 0 Å². The first-order valence-electron chi connectivity index (χ1n) is 4.73. The van der Waals surface area contributed by atoms with E-state index < -0.39 is 15.8 Å². The van der Waals surface area contributed by atoms with E-state index in [4.69, 9.17) is 11.6 Å². The van der Waals surface area contributed by atoms with Crippen molar-refractivity contribution in [2.24, 2.45) is 0 Å². The second-order valence-corrected chi connectivity index (χ2v) is 5.32. The first kappa shape index (κ1) is 12.7. The molecular formula is C10H7ClFN3O2S. The van der Waals surface area contributed by atoms with Gasteiger partial charge in [-0.25, -0.2) is 22.8 Å². The molecule has 0 bridgehead atoms. The molecule has 1 aromatic heterocycles. The van der Waals surface area contributed by atoms with Crippen molar-refractivity contribution in [1.82, 2.24) is 9.97 Å². The van der Waals surface area contributed by atoms with E-state index in [1.165, 1.54) is 12.1 Å². The number of sulfonamides is 1. The van der Waals surface area contributed by atoms with Crippen LogP contribution in [0.15, 0.2) is 41.6 Å². The monoisotopic (exact) mass is 287 g/mol. The highest BCUT2D eigenvalue weighted by Crippen LogP contribution is 2.15. The molecule has 8 heteroatoms. The number of hydrogen-bond donors (Lipinski definition) is 1. The van der Waals surface area contributed by atoms with Crippen molar-refractivity contribution in [3.63, 3.8) is 0 Å². The van der Waals surface area contributed by atoms with Crippen LogP contribution in [-0.2, 0) is 10.0 Å². The highest BCUT2D eigenvalue weighted by atomic mass is 35.5. The van der Waals surface area contributed by atoms with Crippen molar-refractivity contribution in [1.29, 1.82) is 0 Å². The fraction of sp³-hybridized carbons (Fsp3) is 0. The zero-order chi connectivity index (χ0) is 13.2. The molecule has 0 aliphatic rings. The average Bonchev–Trinajstić information content (AvgIpc) is 2.32. The van der Waals surface area contributed by atoms with Crippen LogP contribution >= 0.6 is 11.6 Å². The van der Waals surface area contributed by atoms with E-state index in [0.29, 0.717) is 0 Å². The van der Waals surface area contributed by atoms with Crippen molar-refractivity contribution in [3.05, 3.63) is 47.8 Å². The Balaban J connectivity index is 2.27. The Kier molecular flexibility index (Phi) is 3.44. The highest BCUT2D eigenvalue weighted by molar-refractivity contribution is 7.92. The maximum atomic E-state index is 12.7. The SMILES string of the molecule is O=S(=O)(Nc1ccc(F)cc1)c1cnc(Cl)nc1. The predicted molar refractivity (Wildman–Crippen MR) is 64.3 cm³/mol. The molecule has 0 saturated heterocycles. The van der Waals surface area contributed by atoms with Crippen LogP contribution in [0.3, 0.4) is 0 Å². The largest absolute Gasteiger partial charge is 0.280 e. The van der Waals surface area contributed by atoms with E-state index >= 15 is 0 Å². The summed E-state index contributed by atoms with van der Waals surface area (Å²) in [7, 11) is -3.80. The number of halogens is 2. The lowest BCUT2D eigenvalue weighted by Gasteiger charge is -2.07. The molecule has 0 saturated carbocycles. The lowest BCUT2D eigenvalue weighted by atomic mass is 10.3. The predicted octanol–water partition coefficient (Wildman–Crippen LogP) is 2.07. The molecule has 0 radical (unpaired) electrons. The van der Waals surface area contributed by atoms with Gasteiger partial charge in [0.1, 0.15) is 10.7 Å². The fourth-order valence-corrected chi connectivity index (χ4v) is 2.22. The Morgan fingerprint density at radius 3 is 2.22 bits per heavy atom. The van der Waals surface area contributed by atoms with Gasteiger partial charge < -0.3 is 0 Å². The Hall–Kier alpha value is -1.73. The lowest BCUT2D eigenvalue weighted by Crippen LogP contribution is -2.13. The number of aromatic nitrogens is 2. The third-order valence-corrected chi connectivity index (χ3v) is 3.53. The first-order valence-corrected chi connectivity index (χ1v) is 6.59. The molecule has 0 fully saturated rings. The summed E-state index contributed by atoms with van der Waals surface area (Å²) in [5, 5.41) is -0.0456.